The predicted octanol–water partition coefficient (Wildman–Crippen LogP) is 2.94. The minimum atomic E-state index is -0.163. The minimum Gasteiger partial charge on any atom is -0.384 e. The first-order chi connectivity index (χ1) is 14.7. The van der Waals surface area contributed by atoms with Crippen LogP contribution in [0, 0.1) is 0 Å². The third-order valence-electron chi connectivity index (χ3n) is 5.36. The molecule has 160 valence electrons. The second-order valence-electron chi connectivity index (χ2n) is 7.54. The molecule has 0 aliphatic heterocycles. The summed E-state index contributed by atoms with van der Waals surface area (Å²) in [5.41, 5.74) is 14.2. The van der Waals surface area contributed by atoms with E-state index in [0.29, 0.717) is 46.7 Å². The molecule has 0 fully saturated rings. The fourth-order valence-corrected chi connectivity index (χ4v) is 3.75. The zero-order valence-corrected chi connectivity index (χ0v) is 17.4. The van der Waals surface area contributed by atoms with Gasteiger partial charge >= 0.3 is 0 Å². The highest BCUT2D eigenvalue weighted by molar-refractivity contribution is 6.31. The van der Waals surface area contributed by atoms with Crippen LogP contribution in [-0.2, 0) is 0 Å². The van der Waals surface area contributed by atoms with E-state index >= 15 is 0 Å². The Morgan fingerprint density at radius 2 is 1.23 bits per heavy atom. The van der Waals surface area contributed by atoms with Crippen molar-refractivity contribution in [3.8, 4) is 0 Å². The number of nitrogens with zero attached hydrogens (tertiary/aromatic N) is 1. The lowest BCUT2D eigenvalue weighted by Gasteiger charge is -2.23. The van der Waals surface area contributed by atoms with E-state index in [4.69, 9.17) is 11.5 Å². The third kappa shape index (κ3) is 4.86. The standard InChI is InChI=1S/C23H31N5O2/c24-10-3-1-5-12-27-18-7-8-19(28-13-6-2-4-11-25)21-20(18)22(29)16-9-14-26-15-17(16)23(21)30/h7-9,14-15,27-28H,1-6,10-13,24-25H2. The van der Waals surface area contributed by atoms with Gasteiger partial charge in [0.25, 0.3) is 0 Å². The van der Waals surface area contributed by atoms with E-state index in [1.165, 1.54) is 6.20 Å². The van der Waals surface area contributed by atoms with E-state index < -0.39 is 0 Å². The monoisotopic (exact) mass is 409 g/mol. The van der Waals surface area contributed by atoms with E-state index in [-0.39, 0.29) is 11.6 Å². The molecule has 1 aromatic carbocycles. The van der Waals surface area contributed by atoms with E-state index in [9.17, 15) is 9.59 Å². The number of nitrogens with two attached hydrogens (primary N) is 2. The van der Waals surface area contributed by atoms with Crippen LogP contribution in [0.5, 0.6) is 0 Å². The van der Waals surface area contributed by atoms with Gasteiger partial charge in [-0.05, 0) is 57.0 Å². The Balaban J connectivity index is 1.88. The lowest BCUT2D eigenvalue weighted by molar-refractivity contribution is 0.0980. The zero-order chi connectivity index (χ0) is 21.3. The molecule has 0 unspecified atom stereocenters. The van der Waals surface area contributed by atoms with Crippen LogP contribution in [0.1, 0.15) is 70.4 Å². The van der Waals surface area contributed by atoms with Gasteiger partial charge in [-0.3, -0.25) is 14.6 Å². The molecule has 0 spiro atoms. The molecule has 1 aliphatic rings. The van der Waals surface area contributed by atoms with Crippen molar-refractivity contribution < 1.29 is 9.59 Å². The molecule has 1 aromatic heterocycles. The molecule has 7 heteroatoms. The molecule has 0 saturated carbocycles. The number of hydrogen-bond donors (Lipinski definition) is 4. The first kappa shape index (κ1) is 21.9. The fraction of sp³-hybridized carbons (Fsp3) is 0.435. The molecular weight excluding hydrogens is 378 g/mol. The van der Waals surface area contributed by atoms with Crippen molar-refractivity contribution >= 4 is 22.9 Å². The van der Waals surface area contributed by atoms with Gasteiger partial charge in [0, 0.05) is 42.4 Å². The largest absolute Gasteiger partial charge is 0.384 e. The highest BCUT2D eigenvalue weighted by Crippen LogP contribution is 2.36. The summed E-state index contributed by atoms with van der Waals surface area (Å²) in [5.74, 6) is -0.304. The maximum Gasteiger partial charge on any atom is 0.198 e. The van der Waals surface area contributed by atoms with E-state index in [1.807, 2.05) is 12.1 Å². The van der Waals surface area contributed by atoms with Crippen LogP contribution >= 0.6 is 0 Å². The molecule has 0 radical (unpaired) electrons. The summed E-state index contributed by atoms with van der Waals surface area (Å²) in [6.07, 6.45) is 8.94. The van der Waals surface area contributed by atoms with Crippen molar-refractivity contribution in [3.63, 3.8) is 0 Å². The lowest BCUT2D eigenvalue weighted by Crippen LogP contribution is -2.25. The van der Waals surface area contributed by atoms with E-state index in [1.54, 1.807) is 12.3 Å². The van der Waals surface area contributed by atoms with Gasteiger partial charge < -0.3 is 22.1 Å². The number of hydrogen-bond acceptors (Lipinski definition) is 7. The second kappa shape index (κ2) is 10.8. The van der Waals surface area contributed by atoms with Crippen molar-refractivity contribution in [3.05, 3.63) is 52.8 Å². The number of ketones is 2. The van der Waals surface area contributed by atoms with Crippen molar-refractivity contribution in [2.24, 2.45) is 11.5 Å². The summed E-state index contributed by atoms with van der Waals surface area (Å²) >= 11 is 0. The van der Waals surface area contributed by atoms with Crippen LogP contribution in [0.25, 0.3) is 0 Å². The molecule has 0 bridgehead atoms. The quantitative estimate of drug-likeness (QED) is 0.339. The van der Waals surface area contributed by atoms with Crippen molar-refractivity contribution in [2.75, 3.05) is 36.8 Å². The number of nitrogens with one attached hydrogen (secondary N) is 2. The molecule has 0 amide bonds. The van der Waals surface area contributed by atoms with Crippen LogP contribution in [-0.4, -0.2) is 42.7 Å². The third-order valence-corrected chi connectivity index (χ3v) is 5.36. The number of carbonyl (C=O) groups is 2. The predicted molar refractivity (Wildman–Crippen MR) is 120 cm³/mol. The highest BCUT2D eigenvalue weighted by Gasteiger charge is 2.34. The molecule has 6 N–H and O–H groups in total. The van der Waals surface area contributed by atoms with Gasteiger partial charge in [0.05, 0.1) is 16.7 Å². The molecule has 1 heterocycles. The molecule has 0 saturated heterocycles. The Labute approximate surface area is 177 Å². The maximum atomic E-state index is 13.3. The van der Waals surface area contributed by atoms with Crippen LogP contribution in [0.3, 0.4) is 0 Å². The molecular formula is C23H31N5O2. The van der Waals surface area contributed by atoms with Gasteiger partial charge in [-0.25, -0.2) is 0 Å². The number of aromatic nitrogens is 1. The highest BCUT2D eigenvalue weighted by atomic mass is 16.1. The summed E-state index contributed by atoms with van der Waals surface area (Å²) in [6, 6.07) is 5.40. The van der Waals surface area contributed by atoms with Gasteiger partial charge in [0.15, 0.2) is 11.6 Å². The number of anilines is 2. The van der Waals surface area contributed by atoms with Crippen LogP contribution in [0.15, 0.2) is 30.6 Å². The molecule has 2 aromatic rings. The summed E-state index contributed by atoms with van der Waals surface area (Å²) < 4.78 is 0. The molecule has 30 heavy (non-hydrogen) atoms. The van der Waals surface area contributed by atoms with Crippen LogP contribution in [0.2, 0.25) is 0 Å². The number of fused-ring (bicyclic) bond motifs is 2. The smallest absolute Gasteiger partial charge is 0.198 e. The Kier molecular flexibility index (Phi) is 7.93. The molecule has 7 nitrogen and oxygen atoms in total. The average molecular weight is 410 g/mol. The summed E-state index contributed by atoms with van der Waals surface area (Å²) in [7, 11) is 0. The first-order valence-corrected chi connectivity index (χ1v) is 10.8. The van der Waals surface area contributed by atoms with Crippen LogP contribution in [0.4, 0.5) is 11.4 Å². The van der Waals surface area contributed by atoms with E-state index in [0.717, 1.165) is 51.6 Å². The fourth-order valence-electron chi connectivity index (χ4n) is 3.75. The molecule has 0 atom stereocenters. The summed E-state index contributed by atoms with van der Waals surface area (Å²) in [6.45, 7) is 2.80. The normalized spacial score (nSPS) is 12.5. The number of pyridine rings is 1. The number of benzene rings is 1. The molecule has 3 rings (SSSR count). The van der Waals surface area contributed by atoms with Gasteiger partial charge in [0.1, 0.15) is 0 Å². The summed E-state index contributed by atoms with van der Waals surface area (Å²) in [5, 5.41) is 6.70. The van der Waals surface area contributed by atoms with Gasteiger partial charge in [-0.15, -0.1) is 0 Å². The number of carbonyl (C=O) groups excluding carboxylic acids is 2. The van der Waals surface area contributed by atoms with Gasteiger partial charge in [-0.2, -0.15) is 0 Å². The van der Waals surface area contributed by atoms with Gasteiger partial charge in [0.2, 0.25) is 0 Å². The maximum absolute atomic E-state index is 13.3. The first-order valence-electron chi connectivity index (χ1n) is 10.8. The topological polar surface area (TPSA) is 123 Å². The van der Waals surface area contributed by atoms with E-state index in [2.05, 4.69) is 15.6 Å². The number of unbranched alkanes of at least 4 members (excludes halogenated alkanes) is 4. The average Bonchev–Trinajstić information content (AvgIpc) is 2.77. The Hall–Kier alpha value is -2.77. The Bertz CT molecular complexity index is 825. The minimum absolute atomic E-state index is 0.141. The SMILES string of the molecule is NCCCCCNc1ccc(NCCCCCN)c2c1C(=O)c1ccncc1C2=O. The zero-order valence-electron chi connectivity index (χ0n) is 17.4. The van der Waals surface area contributed by atoms with Crippen molar-refractivity contribution in [2.45, 2.75) is 38.5 Å². The van der Waals surface area contributed by atoms with Crippen molar-refractivity contribution in [1.82, 2.24) is 4.98 Å². The lowest BCUT2D eigenvalue weighted by atomic mass is 9.83. The number of rotatable bonds is 12. The summed E-state index contributed by atoms with van der Waals surface area (Å²) in [4.78, 5) is 30.6. The molecule has 1 aliphatic carbocycles. The second-order valence-corrected chi connectivity index (χ2v) is 7.54. The van der Waals surface area contributed by atoms with Crippen molar-refractivity contribution in [1.29, 1.82) is 0 Å². The Morgan fingerprint density at radius 3 is 1.77 bits per heavy atom. The Morgan fingerprint density at radius 1 is 0.700 bits per heavy atom. The van der Waals surface area contributed by atoms with Crippen LogP contribution < -0.4 is 22.1 Å². The van der Waals surface area contributed by atoms with Gasteiger partial charge in [-0.1, -0.05) is 12.8 Å².